The Morgan fingerprint density at radius 1 is 1.08 bits per heavy atom. The molecule has 130 valence electrons. The van der Waals surface area contributed by atoms with Crippen LogP contribution in [0, 0.1) is 5.82 Å². The first-order valence-electron chi connectivity index (χ1n) is 8.70. The molecule has 0 saturated carbocycles. The van der Waals surface area contributed by atoms with Gasteiger partial charge in [-0.05, 0) is 48.5 Å². The van der Waals surface area contributed by atoms with E-state index in [0.717, 1.165) is 40.6 Å². The van der Waals surface area contributed by atoms with Crippen LogP contribution >= 0.6 is 0 Å². The molecule has 1 N–H and O–H groups in total. The van der Waals surface area contributed by atoms with E-state index in [1.54, 1.807) is 18.2 Å². The highest BCUT2D eigenvalue weighted by Crippen LogP contribution is 2.32. The van der Waals surface area contributed by atoms with Gasteiger partial charge in [0.2, 0.25) is 0 Å². The number of benzene rings is 2. The van der Waals surface area contributed by atoms with E-state index in [-0.39, 0.29) is 11.6 Å². The number of aromatic nitrogens is 2. The molecule has 5 heteroatoms. The van der Waals surface area contributed by atoms with Crippen LogP contribution in [0.5, 0.6) is 5.75 Å². The quantitative estimate of drug-likeness (QED) is 0.563. The van der Waals surface area contributed by atoms with Crippen LogP contribution in [0.25, 0.3) is 21.8 Å². The number of anilines is 1. The minimum absolute atomic E-state index is 0.202. The maximum Gasteiger partial charge on any atom is 0.129 e. The summed E-state index contributed by atoms with van der Waals surface area (Å²) in [6.45, 7) is 1.59. The molecule has 0 aliphatic carbocycles. The van der Waals surface area contributed by atoms with E-state index in [4.69, 9.17) is 4.98 Å². The molecule has 26 heavy (non-hydrogen) atoms. The van der Waals surface area contributed by atoms with Gasteiger partial charge in [-0.25, -0.2) is 9.37 Å². The summed E-state index contributed by atoms with van der Waals surface area (Å²) in [7, 11) is 2.05. The van der Waals surface area contributed by atoms with Crippen molar-refractivity contribution in [1.29, 1.82) is 0 Å². The first kappa shape index (κ1) is 15.2. The number of aromatic hydroxyl groups is 1. The number of fused-ring (bicyclic) bond motifs is 4. The van der Waals surface area contributed by atoms with Gasteiger partial charge < -0.3 is 14.6 Å². The third-order valence-electron chi connectivity index (χ3n) is 5.35. The van der Waals surface area contributed by atoms with Crippen molar-refractivity contribution in [2.24, 2.45) is 7.05 Å². The lowest BCUT2D eigenvalue weighted by molar-refractivity contribution is 0.476. The predicted octanol–water partition coefficient (Wildman–Crippen LogP) is 4.13. The Morgan fingerprint density at radius 3 is 2.85 bits per heavy atom. The summed E-state index contributed by atoms with van der Waals surface area (Å²) in [6, 6.07) is 14.2. The highest BCUT2D eigenvalue weighted by atomic mass is 19.1. The Bertz CT molecular complexity index is 1170. The highest BCUT2D eigenvalue weighted by molar-refractivity contribution is 5.86. The van der Waals surface area contributed by atoms with Crippen molar-refractivity contribution < 1.29 is 9.50 Å². The second-order valence-electron chi connectivity index (χ2n) is 6.86. The summed E-state index contributed by atoms with van der Waals surface area (Å²) >= 11 is 0. The molecule has 4 aromatic rings. The molecular formula is C21H18FN3O. The number of halogens is 1. The Hall–Kier alpha value is -3.08. The van der Waals surface area contributed by atoms with Gasteiger partial charge in [0.1, 0.15) is 17.4 Å². The average Bonchev–Trinajstić information content (AvgIpc) is 2.92. The predicted molar refractivity (Wildman–Crippen MR) is 101 cm³/mol. The number of nitrogens with zero attached hydrogens (tertiary/aromatic N) is 3. The SMILES string of the molecule is Cn1c2c(c3cc(F)ccc31)CN(c1ccc3cc(O)ccc3n1)CC2. The number of phenols is 1. The van der Waals surface area contributed by atoms with Gasteiger partial charge in [0.15, 0.2) is 0 Å². The fraction of sp³-hybridized carbons (Fsp3) is 0.190. The molecule has 0 fully saturated rings. The molecule has 0 atom stereocenters. The molecular weight excluding hydrogens is 329 g/mol. The lowest BCUT2D eigenvalue weighted by Crippen LogP contribution is -2.31. The number of hydrogen-bond acceptors (Lipinski definition) is 3. The van der Waals surface area contributed by atoms with Crippen LogP contribution in [0.2, 0.25) is 0 Å². The van der Waals surface area contributed by atoms with E-state index in [0.29, 0.717) is 6.54 Å². The summed E-state index contributed by atoms with van der Waals surface area (Å²) in [5.41, 5.74) is 4.38. The molecule has 5 rings (SSSR count). The summed E-state index contributed by atoms with van der Waals surface area (Å²) < 4.78 is 16.0. The van der Waals surface area contributed by atoms with Crippen molar-refractivity contribution in [3.63, 3.8) is 0 Å². The van der Waals surface area contributed by atoms with E-state index in [9.17, 15) is 9.50 Å². The smallest absolute Gasteiger partial charge is 0.129 e. The molecule has 0 spiro atoms. The average molecular weight is 347 g/mol. The van der Waals surface area contributed by atoms with Gasteiger partial charge in [0.25, 0.3) is 0 Å². The molecule has 0 amide bonds. The molecule has 4 nitrogen and oxygen atoms in total. The monoisotopic (exact) mass is 347 g/mol. The Morgan fingerprint density at radius 2 is 1.96 bits per heavy atom. The minimum Gasteiger partial charge on any atom is -0.508 e. The van der Waals surface area contributed by atoms with Crippen molar-refractivity contribution in [3.05, 3.63) is 65.6 Å². The van der Waals surface area contributed by atoms with Crippen LogP contribution < -0.4 is 4.90 Å². The second-order valence-corrected chi connectivity index (χ2v) is 6.86. The minimum atomic E-state index is -0.202. The van der Waals surface area contributed by atoms with Crippen LogP contribution in [0.1, 0.15) is 11.3 Å². The maximum absolute atomic E-state index is 13.8. The normalized spacial score (nSPS) is 14.2. The lowest BCUT2D eigenvalue weighted by atomic mass is 10.0. The zero-order chi connectivity index (χ0) is 17.8. The van der Waals surface area contributed by atoms with Crippen LogP contribution in [0.4, 0.5) is 10.2 Å². The van der Waals surface area contributed by atoms with Crippen LogP contribution in [-0.2, 0) is 20.0 Å². The van der Waals surface area contributed by atoms with Crippen LogP contribution in [-0.4, -0.2) is 21.2 Å². The van der Waals surface area contributed by atoms with Crippen molar-refractivity contribution in [3.8, 4) is 5.75 Å². The molecule has 1 aliphatic heterocycles. The van der Waals surface area contributed by atoms with Gasteiger partial charge in [-0.1, -0.05) is 0 Å². The number of pyridine rings is 1. The van der Waals surface area contributed by atoms with E-state index in [2.05, 4.69) is 16.5 Å². The van der Waals surface area contributed by atoms with Crippen molar-refractivity contribution in [1.82, 2.24) is 9.55 Å². The van der Waals surface area contributed by atoms with Gasteiger partial charge in [0, 0.05) is 54.1 Å². The van der Waals surface area contributed by atoms with Gasteiger partial charge in [-0.3, -0.25) is 0 Å². The topological polar surface area (TPSA) is 41.3 Å². The Kier molecular flexibility index (Phi) is 3.19. The fourth-order valence-corrected chi connectivity index (χ4v) is 4.03. The van der Waals surface area contributed by atoms with Crippen LogP contribution in [0.3, 0.4) is 0 Å². The number of aryl methyl sites for hydroxylation is 1. The molecule has 3 heterocycles. The summed E-state index contributed by atoms with van der Waals surface area (Å²) in [6.07, 6.45) is 0.900. The molecule has 0 radical (unpaired) electrons. The van der Waals surface area contributed by atoms with Crippen molar-refractivity contribution >= 4 is 27.6 Å². The zero-order valence-corrected chi connectivity index (χ0v) is 14.4. The Balaban J connectivity index is 1.58. The van der Waals surface area contributed by atoms with Crippen molar-refractivity contribution in [2.45, 2.75) is 13.0 Å². The van der Waals surface area contributed by atoms with Crippen LogP contribution in [0.15, 0.2) is 48.5 Å². The number of rotatable bonds is 1. The fourth-order valence-electron chi connectivity index (χ4n) is 4.03. The van der Waals surface area contributed by atoms with Gasteiger partial charge in [0.05, 0.1) is 5.52 Å². The second kappa shape index (κ2) is 5.46. The third kappa shape index (κ3) is 2.24. The van der Waals surface area contributed by atoms with E-state index in [1.807, 2.05) is 24.3 Å². The zero-order valence-electron chi connectivity index (χ0n) is 14.4. The van der Waals surface area contributed by atoms with E-state index in [1.165, 1.54) is 17.3 Å². The van der Waals surface area contributed by atoms with Gasteiger partial charge >= 0.3 is 0 Å². The molecule has 2 aromatic heterocycles. The standard InChI is InChI=1S/C21H18FN3O/c1-24-19-6-3-14(22)11-16(19)17-12-25(9-8-20(17)24)21-7-2-13-10-15(26)4-5-18(13)23-21/h2-7,10-11,26H,8-9,12H2,1H3. The van der Waals surface area contributed by atoms with E-state index < -0.39 is 0 Å². The maximum atomic E-state index is 13.8. The highest BCUT2D eigenvalue weighted by Gasteiger charge is 2.24. The number of hydrogen-bond donors (Lipinski definition) is 1. The first-order chi connectivity index (χ1) is 12.6. The summed E-state index contributed by atoms with van der Waals surface area (Å²) in [5.74, 6) is 0.946. The van der Waals surface area contributed by atoms with Crippen molar-refractivity contribution in [2.75, 3.05) is 11.4 Å². The molecule has 2 aromatic carbocycles. The summed E-state index contributed by atoms with van der Waals surface area (Å²) in [4.78, 5) is 6.99. The number of phenolic OH excluding ortho intramolecular Hbond substituents is 1. The Labute approximate surface area is 150 Å². The van der Waals surface area contributed by atoms with Gasteiger partial charge in [-0.2, -0.15) is 0 Å². The molecule has 0 unspecified atom stereocenters. The molecule has 0 bridgehead atoms. The third-order valence-corrected chi connectivity index (χ3v) is 5.35. The lowest BCUT2D eigenvalue weighted by Gasteiger charge is -2.29. The first-order valence-corrected chi connectivity index (χ1v) is 8.70. The summed E-state index contributed by atoms with van der Waals surface area (Å²) in [5, 5.41) is 11.5. The van der Waals surface area contributed by atoms with E-state index >= 15 is 0 Å². The largest absolute Gasteiger partial charge is 0.508 e. The van der Waals surface area contributed by atoms with Gasteiger partial charge in [-0.15, -0.1) is 0 Å². The molecule has 0 saturated heterocycles. The molecule has 1 aliphatic rings.